The first-order chi connectivity index (χ1) is 12.6. The first-order valence-electron chi connectivity index (χ1n) is 8.65. The predicted molar refractivity (Wildman–Crippen MR) is 102 cm³/mol. The van der Waals surface area contributed by atoms with E-state index in [0.717, 1.165) is 28.0 Å². The summed E-state index contributed by atoms with van der Waals surface area (Å²) in [5.74, 6) is 1.54. The van der Waals surface area contributed by atoms with Crippen LogP contribution in [0.2, 0.25) is 0 Å². The number of furan rings is 1. The number of ether oxygens (including phenoxy) is 1. The highest BCUT2D eigenvalue weighted by Crippen LogP contribution is 2.23. The molecule has 0 aliphatic carbocycles. The summed E-state index contributed by atoms with van der Waals surface area (Å²) in [5.41, 5.74) is 1.88. The number of amides is 1. The maximum Gasteiger partial charge on any atom is 0.234 e. The van der Waals surface area contributed by atoms with Gasteiger partial charge < -0.3 is 14.5 Å². The van der Waals surface area contributed by atoms with E-state index in [9.17, 15) is 4.79 Å². The van der Waals surface area contributed by atoms with Gasteiger partial charge in [0.05, 0.1) is 19.7 Å². The second-order valence-corrected chi connectivity index (χ2v) is 6.46. The molecule has 2 aromatic carbocycles. The van der Waals surface area contributed by atoms with E-state index < -0.39 is 0 Å². The smallest absolute Gasteiger partial charge is 0.234 e. The van der Waals surface area contributed by atoms with E-state index in [1.807, 2.05) is 73.5 Å². The molecule has 5 heteroatoms. The molecule has 136 valence electrons. The van der Waals surface area contributed by atoms with Crippen molar-refractivity contribution in [3.05, 3.63) is 65.9 Å². The van der Waals surface area contributed by atoms with Gasteiger partial charge in [0.25, 0.3) is 0 Å². The Morgan fingerprint density at radius 3 is 2.69 bits per heavy atom. The van der Waals surface area contributed by atoms with Gasteiger partial charge in [-0.05, 0) is 32.2 Å². The molecule has 1 heterocycles. The molecular weight excluding hydrogens is 328 g/mol. The van der Waals surface area contributed by atoms with Crippen LogP contribution < -0.4 is 10.1 Å². The summed E-state index contributed by atoms with van der Waals surface area (Å²) in [6, 6.07) is 17.4. The molecule has 0 unspecified atom stereocenters. The van der Waals surface area contributed by atoms with Crippen molar-refractivity contribution < 1.29 is 13.9 Å². The lowest BCUT2D eigenvalue weighted by Crippen LogP contribution is -2.36. The highest BCUT2D eigenvalue weighted by molar-refractivity contribution is 5.80. The lowest BCUT2D eigenvalue weighted by Gasteiger charge is -2.19. The zero-order chi connectivity index (χ0) is 18.5. The van der Waals surface area contributed by atoms with E-state index in [1.54, 1.807) is 7.11 Å². The van der Waals surface area contributed by atoms with Crippen LogP contribution in [-0.4, -0.2) is 31.5 Å². The topological polar surface area (TPSA) is 54.7 Å². The third kappa shape index (κ3) is 4.24. The Morgan fingerprint density at radius 1 is 1.19 bits per heavy atom. The Morgan fingerprint density at radius 2 is 1.92 bits per heavy atom. The summed E-state index contributed by atoms with van der Waals surface area (Å²) in [6.07, 6.45) is 0. The largest absolute Gasteiger partial charge is 0.496 e. The van der Waals surface area contributed by atoms with E-state index in [-0.39, 0.29) is 11.9 Å². The summed E-state index contributed by atoms with van der Waals surface area (Å²) >= 11 is 0. The number of nitrogens with one attached hydrogen (secondary N) is 1. The van der Waals surface area contributed by atoms with E-state index in [2.05, 4.69) is 5.32 Å². The highest BCUT2D eigenvalue weighted by atomic mass is 16.5. The molecule has 0 aliphatic heterocycles. The van der Waals surface area contributed by atoms with Crippen LogP contribution in [0.5, 0.6) is 5.75 Å². The SMILES string of the molecule is COc1ccccc1CN(C)CC(=O)N[C@@H](C)c1cc2ccccc2o1. The van der Waals surface area contributed by atoms with Crippen molar-refractivity contribution in [3.8, 4) is 5.75 Å². The molecule has 26 heavy (non-hydrogen) atoms. The Kier molecular flexibility index (Phi) is 5.58. The van der Waals surface area contributed by atoms with Crippen molar-refractivity contribution >= 4 is 16.9 Å². The molecule has 5 nitrogen and oxygen atoms in total. The zero-order valence-corrected chi connectivity index (χ0v) is 15.4. The van der Waals surface area contributed by atoms with Gasteiger partial charge in [-0.2, -0.15) is 0 Å². The van der Waals surface area contributed by atoms with Crippen LogP contribution >= 0.6 is 0 Å². The van der Waals surface area contributed by atoms with Crippen molar-refractivity contribution in [2.75, 3.05) is 20.7 Å². The molecular formula is C21H24N2O3. The van der Waals surface area contributed by atoms with Crippen LogP contribution in [-0.2, 0) is 11.3 Å². The number of hydrogen-bond donors (Lipinski definition) is 1. The fourth-order valence-corrected chi connectivity index (χ4v) is 3.00. The molecule has 0 aliphatic rings. The Labute approximate surface area is 153 Å². The molecule has 0 fully saturated rings. The zero-order valence-electron chi connectivity index (χ0n) is 15.4. The number of carbonyl (C=O) groups is 1. The summed E-state index contributed by atoms with van der Waals surface area (Å²) < 4.78 is 11.2. The first-order valence-corrected chi connectivity index (χ1v) is 8.65. The number of benzene rings is 2. The standard InChI is InChI=1S/C21H24N2O3/c1-15(20-12-16-8-4-7-11-19(16)26-20)22-21(24)14-23(2)13-17-9-5-6-10-18(17)25-3/h4-12,15H,13-14H2,1-3H3,(H,22,24)/t15-/m0/s1. The van der Waals surface area contributed by atoms with Crippen LogP contribution in [0.3, 0.4) is 0 Å². The van der Waals surface area contributed by atoms with Crippen LogP contribution in [0.4, 0.5) is 0 Å². The second-order valence-electron chi connectivity index (χ2n) is 6.46. The van der Waals surface area contributed by atoms with Crippen molar-refractivity contribution in [3.63, 3.8) is 0 Å². The average molecular weight is 352 g/mol. The lowest BCUT2D eigenvalue weighted by molar-refractivity contribution is -0.122. The van der Waals surface area contributed by atoms with Crippen LogP contribution in [0.25, 0.3) is 11.0 Å². The Hall–Kier alpha value is -2.79. The van der Waals surface area contributed by atoms with E-state index >= 15 is 0 Å². The third-order valence-electron chi connectivity index (χ3n) is 4.30. The van der Waals surface area contributed by atoms with Crippen LogP contribution in [0.1, 0.15) is 24.3 Å². The number of fused-ring (bicyclic) bond motifs is 1. The Balaban J connectivity index is 1.57. The molecule has 0 spiro atoms. The molecule has 1 N–H and O–H groups in total. The van der Waals surface area contributed by atoms with Crippen molar-refractivity contribution in [2.45, 2.75) is 19.5 Å². The summed E-state index contributed by atoms with van der Waals surface area (Å²) in [4.78, 5) is 14.3. The van der Waals surface area contributed by atoms with Crippen molar-refractivity contribution in [1.82, 2.24) is 10.2 Å². The van der Waals surface area contributed by atoms with Crippen LogP contribution in [0.15, 0.2) is 59.0 Å². The van der Waals surface area contributed by atoms with Gasteiger partial charge in [0.1, 0.15) is 17.1 Å². The first kappa shape index (κ1) is 18.0. The minimum absolute atomic E-state index is 0.0460. The summed E-state index contributed by atoms with van der Waals surface area (Å²) in [5, 5.41) is 4.04. The van der Waals surface area contributed by atoms with Gasteiger partial charge in [0, 0.05) is 17.5 Å². The number of methoxy groups -OCH3 is 1. The highest BCUT2D eigenvalue weighted by Gasteiger charge is 2.16. The molecule has 1 aromatic heterocycles. The van der Waals surface area contributed by atoms with Gasteiger partial charge in [-0.25, -0.2) is 0 Å². The summed E-state index contributed by atoms with van der Waals surface area (Å²) in [6.45, 7) is 2.86. The molecule has 0 saturated carbocycles. The lowest BCUT2D eigenvalue weighted by atomic mass is 10.2. The van der Waals surface area contributed by atoms with Crippen molar-refractivity contribution in [2.24, 2.45) is 0 Å². The molecule has 0 saturated heterocycles. The fourth-order valence-electron chi connectivity index (χ4n) is 3.00. The molecule has 3 rings (SSSR count). The monoisotopic (exact) mass is 352 g/mol. The number of rotatable bonds is 7. The molecule has 0 bridgehead atoms. The van der Waals surface area contributed by atoms with Gasteiger partial charge in [0.2, 0.25) is 5.91 Å². The molecule has 1 amide bonds. The van der Waals surface area contributed by atoms with E-state index in [1.165, 1.54) is 0 Å². The number of nitrogens with zero attached hydrogens (tertiary/aromatic N) is 1. The molecule has 1 atom stereocenters. The third-order valence-corrected chi connectivity index (χ3v) is 4.30. The number of carbonyl (C=O) groups excluding carboxylic acids is 1. The molecule has 0 radical (unpaired) electrons. The normalized spacial score (nSPS) is 12.3. The average Bonchev–Trinajstić information content (AvgIpc) is 3.06. The van der Waals surface area contributed by atoms with Crippen molar-refractivity contribution in [1.29, 1.82) is 0 Å². The number of likely N-dealkylation sites (N-methyl/N-ethyl adjacent to an activating group) is 1. The van der Waals surface area contributed by atoms with Gasteiger partial charge in [-0.3, -0.25) is 9.69 Å². The fraction of sp³-hybridized carbons (Fsp3) is 0.286. The van der Waals surface area contributed by atoms with Gasteiger partial charge in [-0.1, -0.05) is 36.4 Å². The van der Waals surface area contributed by atoms with Crippen LogP contribution in [0, 0.1) is 0 Å². The number of para-hydroxylation sites is 2. The van der Waals surface area contributed by atoms with Gasteiger partial charge >= 0.3 is 0 Å². The van der Waals surface area contributed by atoms with Gasteiger partial charge in [-0.15, -0.1) is 0 Å². The predicted octanol–water partition coefficient (Wildman–Crippen LogP) is 3.75. The second kappa shape index (κ2) is 8.06. The molecule has 3 aromatic rings. The van der Waals surface area contributed by atoms with E-state index in [0.29, 0.717) is 13.1 Å². The Bertz CT molecular complexity index is 855. The maximum atomic E-state index is 12.4. The minimum atomic E-state index is -0.186. The van der Waals surface area contributed by atoms with E-state index in [4.69, 9.17) is 9.15 Å². The quantitative estimate of drug-likeness (QED) is 0.704. The minimum Gasteiger partial charge on any atom is -0.496 e. The maximum absolute atomic E-state index is 12.4. The summed E-state index contributed by atoms with van der Waals surface area (Å²) in [7, 11) is 3.57. The van der Waals surface area contributed by atoms with Gasteiger partial charge in [0.15, 0.2) is 0 Å². The number of hydrogen-bond acceptors (Lipinski definition) is 4.